The Morgan fingerprint density at radius 3 is 2.60 bits per heavy atom. The van der Waals surface area contributed by atoms with E-state index in [-0.39, 0.29) is 16.8 Å². The smallest absolute Gasteiger partial charge is 0.255 e. The number of hydrogen-bond donors (Lipinski definition) is 1. The molecule has 0 saturated carbocycles. The zero-order valence-electron chi connectivity index (χ0n) is 14.1. The second-order valence-corrected chi connectivity index (χ2v) is 8.07. The molecule has 0 unspecified atom stereocenters. The van der Waals surface area contributed by atoms with Crippen molar-refractivity contribution in [1.82, 2.24) is 9.29 Å². The number of nitrogens with zero attached hydrogens (tertiary/aromatic N) is 2. The predicted molar refractivity (Wildman–Crippen MR) is 95.8 cm³/mol. The summed E-state index contributed by atoms with van der Waals surface area (Å²) in [6.07, 6.45) is 5.99. The molecular formula is C18H21N3O3S. The predicted octanol–water partition coefficient (Wildman–Crippen LogP) is 2.90. The van der Waals surface area contributed by atoms with Crippen molar-refractivity contribution >= 4 is 21.6 Å². The van der Waals surface area contributed by atoms with Crippen LogP contribution in [0.4, 0.5) is 5.69 Å². The summed E-state index contributed by atoms with van der Waals surface area (Å²) in [5.74, 6) is -0.303. The lowest BCUT2D eigenvalue weighted by atomic mass is 10.1. The van der Waals surface area contributed by atoms with Gasteiger partial charge in [0.05, 0.1) is 16.8 Å². The standard InChI is InChI=1S/C18H21N3O3S/c1-14-5-2-3-12-21(14)25(23,24)17-9-7-15(8-10-17)18(22)20-16-6-4-11-19-13-16/h4,6-11,13-14H,2-3,5,12H2,1H3,(H,20,22)/t14-/m0/s1. The van der Waals surface area contributed by atoms with E-state index in [1.54, 1.807) is 28.8 Å². The summed E-state index contributed by atoms with van der Waals surface area (Å²) >= 11 is 0. The van der Waals surface area contributed by atoms with Crippen LogP contribution in [0.25, 0.3) is 0 Å². The van der Waals surface area contributed by atoms with Gasteiger partial charge in [-0.3, -0.25) is 9.78 Å². The molecule has 25 heavy (non-hydrogen) atoms. The fraction of sp³-hybridized carbons (Fsp3) is 0.333. The van der Waals surface area contributed by atoms with Gasteiger partial charge in [-0.1, -0.05) is 6.42 Å². The van der Waals surface area contributed by atoms with E-state index in [9.17, 15) is 13.2 Å². The normalized spacial score (nSPS) is 18.7. The van der Waals surface area contributed by atoms with Crippen LogP contribution >= 0.6 is 0 Å². The van der Waals surface area contributed by atoms with Crippen molar-refractivity contribution in [1.29, 1.82) is 0 Å². The van der Waals surface area contributed by atoms with Crippen LogP contribution in [-0.2, 0) is 10.0 Å². The number of hydrogen-bond acceptors (Lipinski definition) is 4. The quantitative estimate of drug-likeness (QED) is 0.910. The number of benzene rings is 1. The molecule has 6 nitrogen and oxygen atoms in total. The summed E-state index contributed by atoms with van der Waals surface area (Å²) in [6, 6.07) is 9.53. The molecule has 1 aliphatic rings. The van der Waals surface area contributed by atoms with Crippen molar-refractivity contribution in [2.75, 3.05) is 11.9 Å². The van der Waals surface area contributed by atoms with E-state index >= 15 is 0 Å². The molecule has 1 aromatic carbocycles. The van der Waals surface area contributed by atoms with E-state index in [0.29, 0.717) is 17.8 Å². The van der Waals surface area contributed by atoms with Gasteiger partial charge in [-0.15, -0.1) is 0 Å². The Kier molecular flexibility index (Phi) is 5.15. The zero-order valence-corrected chi connectivity index (χ0v) is 14.9. The average molecular weight is 359 g/mol. The first-order chi connectivity index (χ1) is 12.0. The molecule has 1 atom stereocenters. The minimum Gasteiger partial charge on any atom is -0.321 e. The summed E-state index contributed by atoms with van der Waals surface area (Å²) in [5.41, 5.74) is 0.987. The van der Waals surface area contributed by atoms with Gasteiger partial charge in [0.15, 0.2) is 0 Å². The molecule has 7 heteroatoms. The minimum atomic E-state index is -3.52. The Hall–Kier alpha value is -2.25. The van der Waals surface area contributed by atoms with Gasteiger partial charge >= 0.3 is 0 Å². The highest BCUT2D eigenvalue weighted by Crippen LogP contribution is 2.25. The van der Waals surface area contributed by atoms with E-state index in [2.05, 4.69) is 10.3 Å². The van der Waals surface area contributed by atoms with E-state index in [1.807, 2.05) is 6.92 Å². The SMILES string of the molecule is C[C@H]1CCCCN1S(=O)(=O)c1ccc(C(=O)Nc2cccnc2)cc1. The number of anilines is 1. The minimum absolute atomic E-state index is 0.00676. The Bertz CT molecular complexity index is 836. The van der Waals surface area contributed by atoms with E-state index in [0.717, 1.165) is 19.3 Å². The van der Waals surface area contributed by atoms with Crippen LogP contribution in [0.15, 0.2) is 53.7 Å². The lowest BCUT2D eigenvalue weighted by Crippen LogP contribution is -2.41. The second-order valence-electron chi connectivity index (χ2n) is 6.18. The van der Waals surface area contributed by atoms with Gasteiger partial charge in [0, 0.05) is 24.3 Å². The Morgan fingerprint density at radius 2 is 1.96 bits per heavy atom. The first-order valence-electron chi connectivity index (χ1n) is 8.32. The molecule has 3 rings (SSSR count). The lowest BCUT2D eigenvalue weighted by Gasteiger charge is -2.32. The summed E-state index contributed by atoms with van der Waals surface area (Å²) in [4.78, 5) is 16.4. The number of rotatable bonds is 4. The van der Waals surface area contributed by atoms with Crippen LogP contribution in [0.1, 0.15) is 36.5 Å². The van der Waals surface area contributed by atoms with Crippen LogP contribution in [0, 0.1) is 0 Å². The maximum Gasteiger partial charge on any atom is 0.255 e. The topological polar surface area (TPSA) is 79.4 Å². The second kappa shape index (κ2) is 7.33. The monoisotopic (exact) mass is 359 g/mol. The number of amides is 1. The number of aromatic nitrogens is 1. The van der Waals surface area contributed by atoms with Crippen LogP contribution in [-0.4, -0.2) is 36.2 Å². The lowest BCUT2D eigenvalue weighted by molar-refractivity contribution is 0.102. The van der Waals surface area contributed by atoms with Gasteiger partial charge in [0.25, 0.3) is 5.91 Å². The number of piperidine rings is 1. The first-order valence-corrected chi connectivity index (χ1v) is 9.76. The maximum absolute atomic E-state index is 12.8. The van der Waals surface area contributed by atoms with Crippen molar-refractivity contribution in [3.63, 3.8) is 0 Å². The third-order valence-corrected chi connectivity index (χ3v) is 6.41. The van der Waals surface area contributed by atoms with Crippen LogP contribution < -0.4 is 5.32 Å². The summed E-state index contributed by atoms with van der Waals surface area (Å²) in [5, 5.41) is 2.73. The maximum atomic E-state index is 12.8. The first kappa shape index (κ1) is 17.6. The largest absolute Gasteiger partial charge is 0.321 e. The van der Waals surface area contributed by atoms with Gasteiger partial charge in [-0.2, -0.15) is 4.31 Å². The molecule has 132 valence electrons. The van der Waals surface area contributed by atoms with E-state index in [4.69, 9.17) is 0 Å². The number of nitrogens with one attached hydrogen (secondary N) is 1. The molecule has 1 saturated heterocycles. The fourth-order valence-electron chi connectivity index (χ4n) is 2.98. The van der Waals surface area contributed by atoms with Gasteiger partial charge in [0.1, 0.15) is 0 Å². The van der Waals surface area contributed by atoms with Crippen molar-refractivity contribution in [3.8, 4) is 0 Å². The van der Waals surface area contributed by atoms with Gasteiger partial charge in [-0.05, 0) is 56.2 Å². The molecule has 0 spiro atoms. The number of carbonyl (C=O) groups excluding carboxylic acids is 1. The highest BCUT2D eigenvalue weighted by Gasteiger charge is 2.30. The van der Waals surface area contributed by atoms with Crippen molar-refractivity contribution < 1.29 is 13.2 Å². The Labute approximate surface area is 147 Å². The Morgan fingerprint density at radius 1 is 1.20 bits per heavy atom. The van der Waals surface area contributed by atoms with E-state index in [1.165, 1.54) is 24.3 Å². The third-order valence-electron chi connectivity index (χ3n) is 4.38. The summed E-state index contributed by atoms with van der Waals surface area (Å²) in [7, 11) is -3.52. The molecule has 0 aliphatic carbocycles. The molecule has 1 aliphatic heterocycles. The molecule has 1 N–H and O–H groups in total. The summed E-state index contributed by atoms with van der Waals surface area (Å²) in [6.45, 7) is 2.49. The Balaban J connectivity index is 1.76. The van der Waals surface area contributed by atoms with Gasteiger partial charge in [0.2, 0.25) is 10.0 Å². The third kappa shape index (κ3) is 3.88. The molecule has 0 bridgehead atoms. The molecule has 2 heterocycles. The van der Waals surface area contributed by atoms with Gasteiger partial charge in [-0.25, -0.2) is 8.42 Å². The molecule has 1 aromatic heterocycles. The number of carbonyl (C=O) groups is 1. The highest BCUT2D eigenvalue weighted by atomic mass is 32.2. The number of pyridine rings is 1. The van der Waals surface area contributed by atoms with Crippen molar-refractivity contribution in [3.05, 3.63) is 54.4 Å². The molecule has 1 fully saturated rings. The highest BCUT2D eigenvalue weighted by molar-refractivity contribution is 7.89. The zero-order chi connectivity index (χ0) is 17.9. The van der Waals surface area contributed by atoms with Crippen LogP contribution in [0.5, 0.6) is 0 Å². The molecular weight excluding hydrogens is 338 g/mol. The molecule has 0 radical (unpaired) electrons. The average Bonchev–Trinajstić information content (AvgIpc) is 2.63. The molecule has 2 aromatic rings. The van der Waals surface area contributed by atoms with Crippen molar-refractivity contribution in [2.24, 2.45) is 0 Å². The van der Waals surface area contributed by atoms with Crippen LogP contribution in [0.3, 0.4) is 0 Å². The number of sulfonamides is 1. The van der Waals surface area contributed by atoms with E-state index < -0.39 is 10.0 Å². The fourth-order valence-corrected chi connectivity index (χ4v) is 4.68. The van der Waals surface area contributed by atoms with Gasteiger partial charge < -0.3 is 5.32 Å². The summed E-state index contributed by atoms with van der Waals surface area (Å²) < 4.78 is 27.1. The molecule has 1 amide bonds. The van der Waals surface area contributed by atoms with Crippen molar-refractivity contribution in [2.45, 2.75) is 37.1 Å². The van der Waals surface area contributed by atoms with Crippen LogP contribution in [0.2, 0.25) is 0 Å².